The second kappa shape index (κ2) is 9.54. The number of benzene rings is 2. The minimum atomic E-state index is -3.55. The Bertz CT molecular complexity index is 1020. The molecule has 0 radical (unpaired) electrons. The van der Waals surface area contributed by atoms with Crippen LogP contribution in [0.5, 0.6) is 5.75 Å². The molecule has 1 fully saturated rings. The number of sulfonamides is 1. The lowest BCUT2D eigenvalue weighted by molar-refractivity contribution is 0.0697. The Balaban J connectivity index is 1.51. The molecule has 2 aromatic rings. The van der Waals surface area contributed by atoms with Gasteiger partial charge in [-0.2, -0.15) is 0 Å². The molecule has 9 nitrogen and oxygen atoms in total. The number of anilines is 2. The van der Waals surface area contributed by atoms with E-state index in [1.54, 1.807) is 18.2 Å². The summed E-state index contributed by atoms with van der Waals surface area (Å²) < 4.78 is 25.1. The lowest BCUT2D eigenvalue weighted by atomic mass is 10.0. The van der Waals surface area contributed by atoms with E-state index in [1.165, 1.54) is 12.1 Å². The summed E-state index contributed by atoms with van der Waals surface area (Å²) in [6.07, 6.45) is 1.86. The second-order valence-electron chi connectivity index (χ2n) is 7.69. The van der Waals surface area contributed by atoms with Crippen LogP contribution in [0, 0.1) is 0 Å². The largest absolute Gasteiger partial charge is 0.506 e. The summed E-state index contributed by atoms with van der Waals surface area (Å²) in [5.74, 6) is -1.15. The normalized spacial score (nSPS) is 16.1. The van der Waals surface area contributed by atoms with E-state index in [-0.39, 0.29) is 23.0 Å². The molecule has 31 heavy (non-hydrogen) atoms. The molecular weight excluding hydrogens is 422 g/mol. The van der Waals surface area contributed by atoms with Crippen LogP contribution in [-0.2, 0) is 10.0 Å². The Hall–Kier alpha value is -2.82. The monoisotopic (exact) mass is 449 g/mol. The quantitative estimate of drug-likeness (QED) is 0.384. The lowest BCUT2D eigenvalue weighted by Crippen LogP contribution is -2.43. The molecule has 0 bridgehead atoms. The van der Waals surface area contributed by atoms with Gasteiger partial charge in [0.05, 0.1) is 23.6 Å². The maximum Gasteiger partial charge on any atom is 0.335 e. The predicted molar refractivity (Wildman–Crippen MR) is 118 cm³/mol. The summed E-state index contributed by atoms with van der Waals surface area (Å²) in [5, 5.41) is 32.6. The van der Waals surface area contributed by atoms with Gasteiger partial charge in [-0.1, -0.05) is 6.07 Å². The smallest absolute Gasteiger partial charge is 0.335 e. The number of aliphatic hydroxyl groups excluding tert-OH is 1. The summed E-state index contributed by atoms with van der Waals surface area (Å²) >= 11 is 0. The van der Waals surface area contributed by atoms with Crippen LogP contribution in [0.15, 0.2) is 42.5 Å². The van der Waals surface area contributed by atoms with Crippen molar-refractivity contribution in [3.05, 3.63) is 53.6 Å². The number of rotatable bonds is 8. The van der Waals surface area contributed by atoms with Crippen LogP contribution in [-0.4, -0.2) is 61.6 Å². The van der Waals surface area contributed by atoms with Gasteiger partial charge in [0.2, 0.25) is 10.0 Å². The van der Waals surface area contributed by atoms with Gasteiger partial charge in [0.25, 0.3) is 0 Å². The van der Waals surface area contributed by atoms with E-state index in [0.29, 0.717) is 12.1 Å². The molecule has 1 aliphatic rings. The number of carboxylic acid groups (broad SMARTS) is 1. The van der Waals surface area contributed by atoms with Gasteiger partial charge in [0, 0.05) is 31.4 Å². The summed E-state index contributed by atoms with van der Waals surface area (Å²) in [6.45, 7) is 1.91. The zero-order valence-corrected chi connectivity index (χ0v) is 18.0. The molecule has 0 unspecified atom stereocenters. The van der Waals surface area contributed by atoms with Crippen molar-refractivity contribution >= 4 is 27.4 Å². The third kappa shape index (κ3) is 6.33. The Kier molecular flexibility index (Phi) is 7.04. The number of carbonyl (C=O) groups is 1. The van der Waals surface area contributed by atoms with Crippen LogP contribution in [0.4, 0.5) is 11.4 Å². The van der Waals surface area contributed by atoms with Crippen molar-refractivity contribution in [3.8, 4) is 5.75 Å². The first-order valence-electron chi connectivity index (χ1n) is 9.93. The van der Waals surface area contributed by atoms with Crippen molar-refractivity contribution in [2.45, 2.75) is 25.0 Å². The number of nitrogens with zero attached hydrogens (tertiary/aromatic N) is 1. The van der Waals surface area contributed by atoms with Crippen molar-refractivity contribution in [1.29, 1.82) is 0 Å². The number of carboxylic acids is 1. The van der Waals surface area contributed by atoms with Crippen LogP contribution in [0.1, 0.15) is 34.9 Å². The number of aromatic hydroxyl groups is 1. The van der Waals surface area contributed by atoms with Crippen molar-refractivity contribution in [3.63, 3.8) is 0 Å². The van der Waals surface area contributed by atoms with E-state index in [4.69, 9.17) is 5.11 Å². The molecule has 1 aliphatic heterocycles. The molecule has 1 saturated heterocycles. The number of nitrogens with one attached hydrogen (secondary N) is 2. The summed E-state index contributed by atoms with van der Waals surface area (Å²) in [4.78, 5) is 13.2. The number of aromatic carboxylic acids is 1. The molecule has 0 saturated carbocycles. The van der Waals surface area contributed by atoms with Crippen molar-refractivity contribution in [2.75, 3.05) is 35.5 Å². The van der Waals surface area contributed by atoms with Crippen LogP contribution in [0.3, 0.4) is 0 Å². The van der Waals surface area contributed by atoms with Crippen LogP contribution in [0.25, 0.3) is 0 Å². The van der Waals surface area contributed by atoms with Gasteiger partial charge in [0.15, 0.2) is 0 Å². The number of phenolic OH excluding ortho intramolecular Hbond substituents is 1. The van der Waals surface area contributed by atoms with Gasteiger partial charge in [-0.15, -0.1) is 0 Å². The highest BCUT2D eigenvalue weighted by Crippen LogP contribution is 2.28. The Morgan fingerprint density at radius 2 is 1.81 bits per heavy atom. The fourth-order valence-corrected chi connectivity index (χ4v) is 4.16. The van der Waals surface area contributed by atoms with Crippen molar-refractivity contribution in [1.82, 2.24) is 5.32 Å². The zero-order chi connectivity index (χ0) is 22.6. The minimum Gasteiger partial charge on any atom is -0.506 e. The van der Waals surface area contributed by atoms with Gasteiger partial charge in [-0.25, -0.2) is 13.2 Å². The molecule has 2 aromatic carbocycles. The molecule has 0 aliphatic carbocycles. The average Bonchev–Trinajstić information content (AvgIpc) is 2.73. The predicted octanol–water partition coefficient (Wildman–Crippen LogP) is 1.75. The standard InChI is InChI=1S/C21H27N3O6S/c1-31(29,30)23-18-12-15(4-7-19(18)25)20(26)13-22-16-8-10-24(11-9-16)17-5-2-14(3-6-17)21(27)28/h2-7,12,16,20,22-23,25-26H,8-11,13H2,1H3,(H,27,28)/t20-/m1/s1. The van der Waals surface area contributed by atoms with Gasteiger partial charge >= 0.3 is 5.97 Å². The number of aliphatic hydroxyl groups is 1. The molecule has 5 N–H and O–H groups in total. The number of hydrogen-bond donors (Lipinski definition) is 5. The molecule has 0 amide bonds. The van der Waals surface area contributed by atoms with Crippen LogP contribution >= 0.6 is 0 Å². The number of hydrogen-bond acceptors (Lipinski definition) is 7. The van der Waals surface area contributed by atoms with Crippen molar-refractivity contribution < 1.29 is 28.5 Å². The first kappa shape index (κ1) is 22.9. The topological polar surface area (TPSA) is 139 Å². The van der Waals surface area contributed by atoms with E-state index in [2.05, 4.69) is 14.9 Å². The Labute approximate surface area is 181 Å². The van der Waals surface area contributed by atoms with Crippen LogP contribution < -0.4 is 14.9 Å². The summed E-state index contributed by atoms with van der Waals surface area (Å²) in [5.41, 5.74) is 1.77. The highest BCUT2D eigenvalue weighted by atomic mass is 32.2. The first-order chi connectivity index (χ1) is 14.6. The van der Waals surface area contributed by atoms with Crippen LogP contribution in [0.2, 0.25) is 0 Å². The fourth-order valence-electron chi connectivity index (χ4n) is 3.60. The fraction of sp³-hybridized carbons (Fsp3) is 0.381. The second-order valence-corrected chi connectivity index (χ2v) is 9.44. The molecule has 0 aromatic heterocycles. The molecule has 0 spiro atoms. The zero-order valence-electron chi connectivity index (χ0n) is 17.2. The van der Waals surface area contributed by atoms with E-state index in [1.807, 2.05) is 12.1 Å². The highest BCUT2D eigenvalue weighted by molar-refractivity contribution is 7.92. The Morgan fingerprint density at radius 3 is 2.39 bits per heavy atom. The van der Waals surface area contributed by atoms with Gasteiger partial charge in [-0.3, -0.25) is 4.72 Å². The maximum absolute atomic E-state index is 11.4. The minimum absolute atomic E-state index is 0.0290. The van der Waals surface area contributed by atoms with Crippen molar-refractivity contribution in [2.24, 2.45) is 0 Å². The van der Waals surface area contributed by atoms with Gasteiger partial charge in [-0.05, 0) is 54.8 Å². The summed E-state index contributed by atoms with van der Waals surface area (Å²) in [6, 6.07) is 11.4. The highest BCUT2D eigenvalue weighted by Gasteiger charge is 2.21. The molecule has 168 valence electrons. The number of piperidine rings is 1. The molecular formula is C21H27N3O6S. The third-order valence-electron chi connectivity index (χ3n) is 5.27. The van der Waals surface area contributed by atoms with Gasteiger partial charge < -0.3 is 25.5 Å². The number of phenols is 1. The average molecular weight is 450 g/mol. The Morgan fingerprint density at radius 1 is 1.16 bits per heavy atom. The first-order valence-corrected chi connectivity index (χ1v) is 11.8. The van der Waals surface area contributed by atoms with E-state index < -0.39 is 22.1 Å². The van der Waals surface area contributed by atoms with Gasteiger partial charge in [0.1, 0.15) is 5.75 Å². The molecule has 10 heteroatoms. The van der Waals surface area contributed by atoms with E-state index in [0.717, 1.165) is 37.9 Å². The summed E-state index contributed by atoms with van der Waals surface area (Å²) in [7, 11) is -3.55. The van der Waals surface area contributed by atoms with E-state index >= 15 is 0 Å². The third-order valence-corrected chi connectivity index (χ3v) is 5.87. The maximum atomic E-state index is 11.4. The molecule has 1 heterocycles. The lowest BCUT2D eigenvalue weighted by Gasteiger charge is -2.34. The van der Waals surface area contributed by atoms with E-state index in [9.17, 15) is 23.4 Å². The SMILES string of the molecule is CS(=O)(=O)Nc1cc([C@H](O)CNC2CCN(c3ccc(C(=O)O)cc3)CC2)ccc1O. The molecule has 1 atom stereocenters. The molecule has 3 rings (SSSR count).